The molecule has 0 radical (unpaired) electrons. The molecule has 5 nitrogen and oxygen atoms in total. The number of hydrogen-bond donors (Lipinski definition) is 0. The molecule has 1 aromatic heterocycles. The average Bonchev–Trinajstić information content (AvgIpc) is 3.13. The predicted molar refractivity (Wildman–Crippen MR) is 100 cm³/mol. The molecule has 1 amide bonds. The maximum Gasteiger partial charge on any atom is 0.226 e. The van der Waals surface area contributed by atoms with Crippen LogP contribution in [-0.2, 0) is 17.8 Å². The molecule has 140 valence electrons. The first-order chi connectivity index (χ1) is 13.0. The Hall–Kier alpha value is -3.02. The van der Waals surface area contributed by atoms with E-state index in [1.54, 1.807) is 17.0 Å². The van der Waals surface area contributed by atoms with Crippen molar-refractivity contribution in [2.45, 2.75) is 32.7 Å². The molecule has 0 unspecified atom stereocenters. The first-order valence-electron chi connectivity index (χ1n) is 8.89. The van der Waals surface area contributed by atoms with E-state index < -0.39 is 0 Å². The molecule has 0 saturated heterocycles. The van der Waals surface area contributed by atoms with Gasteiger partial charge < -0.3 is 9.42 Å². The highest BCUT2D eigenvalue weighted by Crippen LogP contribution is 2.17. The zero-order valence-electron chi connectivity index (χ0n) is 15.5. The van der Waals surface area contributed by atoms with Gasteiger partial charge in [-0.15, -0.1) is 0 Å². The summed E-state index contributed by atoms with van der Waals surface area (Å²) in [7, 11) is 1.81. The minimum Gasteiger partial charge on any atom is -0.341 e. The number of rotatable bonds is 7. The fraction of sp³-hybridized carbons (Fsp3) is 0.286. The second-order valence-electron chi connectivity index (χ2n) is 6.61. The monoisotopic (exact) mass is 367 g/mol. The molecule has 0 aliphatic carbocycles. The van der Waals surface area contributed by atoms with E-state index >= 15 is 0 Å². The number of carbonyl (C=O) groups excluding carboxylic acids is 1. The molecule has 2 aromatic carbocycles. The lowest BCUT2D eigenvalue weighted by Crippen LogP contribution is -2.25. The zero-order valence-corrected chi connectivity index (χ0v) is 15.5. The fourth-order valence-corrected chi connectivity index (χ4v) is 2.71. The third kappa shape index (κ3) is 5.23. The molecule has 6 heteroatoms. The topological polar surface area (TPSA) is 59.2 Å². The molecule has 3 aromatic rings. The van der Waals surface area contributed by atoms with Crippen molar-refractivity contribution in [1.82, 2.24) is 15.0 Å². The molecule has 0 aliphatic heterocycles. The molecule has 0 fully saturated rings. The molecule has 0 aliphatic rings. The highest BCUT2D eigenvalue weighted by Gasteiger charge is 2.12. The molecule has 27 heavy (non-hydrogen) atoms. The molecular formula is C21H22FN3O2. The van der Waals surface area contributed by atoms with Gasteiger partial charge in [0.25, 0.3) is 0 Å². The molecule has 0 N–H and O–H groups in total. The van der Waals surface area contributed by atoms with Crippen molar-refractivity contribution in [3.8, 4) is 11.4 Å². The van der Waals surface area contributed by atoms with Crippen molar-refractivity contribution in [3.05, 3.63) is 71.4 Å². The van der Waals surface area contributed by atoms with Gasteiger partial charge in [-0.3, -0.25) is 4.79 Å². The van der Waals surface area contributed by atoms with E-state index in [1.807, 2.05) is 38.2 Å². The number of benzene rings is 2. The number of amides is 1. The summed E-state index contributed by atoms with van der Waals surface area (Å²) >= 11 is 0. The van der Waals surface area contributed by atoms with E-state index in [0.717, 1.165) is 5.56 Å². The molecule has 0 atom stereocenters. The van der Waals surface area contributed by atoms with Crippen LogP contribution in [0.1, 0.15) is 29.9 Å². The molecule has 3 rings (SSSR count). The number of hydrogen-bond acceptors (Lipinski definition) is 4. The Labute approximate surface area is 157 Å². The highest BCUT2D eigenvalue weighted by molar-refractivity contribution is 5.75. The van der Waals surface area contributed by atoms with Crippen molar-refractivity contribution in [2.24, 2.45) is 0 Å². The van der Waals surface area contributed by atoms with Gasteiger partial charge >= 0.3 is 0 Å². The van der Waals surface area contributed by atoms with Crippen LogP contribution in [0.15, 0.2) is 53.1 Å². The third-order valence-corrected chi connectivity index (χ3v) is 4.32. The minimum absolute atomic E-state index is 0.0776. The van der Waals surface area contributed by atoms with Gasteiger partial charge in [0.05, 0.1) is 0 Å². The Bertz CT molecular complexity index is 889. The van der Waals surface area contributed by atoms with Crippen molar-refractivity contribution in [3.63, 3.8) is 0 Å². The number of aryl methyl sites for hydroxylation is 2. The first-order valence-corrected chi connectivity index (χ1v) is 8.89. The number of nitrogens with zero attached hydrogens (tertiary/aromatic N) is 3. The van der Waals surface area contributed by atoms with Crippen LogP contribution >= 0.6 is 0 Å². The predicted octanol–water partition coefficient (Wildman–Crippen LogP) is 4.17. The fourth-order valence-electron chi connectivity index (χ4n) is 2.71. The van der Waals surface area contributed by atoms with Gasteiger partial charge in [0.1, 0.15) is 5.82 Å². The largest absolute Gasteiger partial charge is 0.341 e. The summed E-state index contributed by atoms with van der Waals surface area (Å²) in [5.41, 5.74) is 3.00. The van der Waals surface area contributed by atoms with Crippen LogP contribution in [0.4, 0.5) is 4.39 Å². The Morgan fingerprint density at radius 1 is 1.11 bits per heavy atom. The van der Waals surface area contributed by atoms with Crippen LogP contribution in [-0.4, -0.2) is 28.0 Å². The standard InChI is InChI=1S/C21H22FN3O2/c1-15-6-8-16(9-7-15)14-25(2)20(26)5-3-4-19-23-21(24-27-19)17-10-12-18(22)13-11-17/h6-13H,3-5,14H2,1-2H3. The summed E-state index contributed by atoms with van der Waals surface area (Å²) in [6.07, 6.45) is 1.57. The van der Waals surface area contributed by atoms with Crippen LogP contribution in [0, 0.1) is 12.7 Å². The Kier molecular flexibility index (Phi) is 5.96. The van der Waals surface area contributed by atoms with Crippen molar-refractivity contribution in [2.75, 3.05) is 7.05 Å². The van der Waals surface area contributed by atoms with Crippen LogP contribution in [0.2, 0.25) is 0 Å². The average molecular weight is 367 g/mol. The summed E-state index contributed by atoms with van der Waals surface area (Å²) < 4.78 is 18.2. The summed E-state index contributed by atoms with van der Waals surface area (Å²) in [6, 6.07) is 14.1. The van der Waals surface area contributed by atoms with Crippen molar-refractivity contribution < 1.29 is 13.7 Å². The van der Waals surface area contributed by atoms with E-state index in [-0.39, 0.29) is 11.7 Å². The van der Waals surface area contributed by atoms with E-state index in [4.69, 9.17) is 4.52 Å². The Morgan fingerprint density at radius 2 is 1.81 bits per heavy atom. The molecule has 1 heterocycles. The van der Waals surface area contributed by atoms with Crippen LogP contribution in [0.3, 0.4) is 0 Å². The molecular weight excluding hydrogens is 345 g/mol. The van der Waals surface area contributed by atoms with Gasteiger partial charge in [-0.25, -0.2) is 4.39 Å². The van der Waals surface area contributed by atoms with Gasteiger partial charge in [0.2, 0.25) is 17.6 Å². The molecule has 0 spiro atoms. The number of halogens is 1. The van der Waals surface area contributed by atoms with Gasteiger partial charge in [0.15, 0.2) is 0 Å². The quantitative estimate of drug-likeness (QED) is 0.629. The van der Waals surface area contributed by atoms with Gasteiger partial charge in [0, 0.05) is 32.0 Å². The second-order valence-corrected chi connectivity index (χ2v) is 6.61. The lowest BCUT2D eigenvalue weighted by Gasteiger charge is -2.17. The van der Waals surface area contributed by atoms with Crippen LogP contribution in [0.25, 0.3) is 11.4 Å². The summed E-state index contributed by atoms with van der Waals surface area (Å²) in [5.74, 6) is 0.667. The highest BCUT2D eigenvalue weighted by atomic mass is 19.1. The first kappa shape index (κ1) is 18.8. The lowest BCUT2D eigenvalue weighted by atomic mass is 10.1. The summed E-state index contributed by atoms with van der Waals surface area (Å²) in [6.45, 7) is 2.63. The zero-order chi connectivity index (χ0) is 19.2. The smallest absolute Gasteiger partial charge is 0.226 e. The van der Waals surface area contributed by atoms with E-state index in [0.29, 0.717) is 43.1 Å². The molecule has 0 saturated carbocycles. The van der Waals surface area contributed by atoms with E-state index in [1.165, 1.54) is 17.7 Å². The van der Waals surface area contributed by atoms with Crippen molar-refractivity contribution in [1.29, 1.82) is 0 Å². The molecule has 0 bridgehead atoms. The second kappa shape index (κ2) is 8.58. The van der Waals surface area contributed by atoms with Gasteiger partial charge in [-0.1, -0.05) is 35.0 Å². The van der Waals surface area contributed by atoms with Gasteiger partial charge in [-0.05, 0) is 43.2 Å². The summed E-state index contributed by atoms with van der Waals surface area (Å²) in [5, 5.41) is 3.91. The van der Waals surface area contributed by atoms with Gasteiger partial charge in [-0.2, -0.15) is 4.98 Å². The third-order valence-electron chi connectivity index (χ3n) is 4.32. The number of aromatic nitrogens is 2. The Balaban J connectivity index is 1.47. The maximum atomic E-state index is 13.0. The number of carbonyl (C=O) groups is 1. The Morgan fingerprint density at radius 3 is 2.52 bits per heavy atom. The SMILES string of the molecule is Cc1ccc(CN(C)C(=O)CCCc2nc(-c3ccc(F)cc3)no2)cc1. The lowest BCUT2D eigenvalue weighted by molar-refractivity contribution is -0.130. The minimum atomic E-state index is -0.310. The van der Waals surface area contributed by atoms with E-state index in [2.05, 4.69) is 10.1 Å². The summed E-state index contributed by atoms with van der Waals surface area (Å²) in [4.78, 5) is 18.3. The maximum absolute atomic E-state index is 13.0. The van der Waals surface area contributed by atoms with Crippen molar-refractivity contribution >= 4 is 5.91 Å². The van der Waals surface area contributed by atoms with E-state index in [9.17, 15) is 9.18 Å². The normalized spacial score (nSPS) is 10.8. The van der Waals surface area contributed by atoms with Crippen LogP contribution in [0.5, 0.6) is 0 Å². The van der Waals surface area contributed by atoms with Crippen LogP contribution < -0.4 is 0 Å².